The number of methoxy groups -OCH3 is 1. The monoisotopic (exact) mass is 261 g/mol. The molecule has 0 fully saturated rings. The fourth-order valence-electron chi connectivity index (χ4n) is 1.21. The van der Waals surface area contributed by atoms with E-state index in [1.807, 2.05) is 0 Å². The van der Waals surface area contributed by atoms with E-state index in [1.165, 1.54) is 13.5 Å². The van der Waals surface area contributed by atoms with Gasteiger partial charge in [-0.05, 0) is 11.6 Å². The Morgan fingerprint density at radius 1 is 1.50 bits per heavy atom. The molecule has 6 heteroatoms. The SMILES string of the molecule is COC=Nc1c(Cl)cccc1CS(C)(=O)=O. The summed E-state index contributed by atoms with van der Waals surface area (Å²) in [4.78, 5) is 3.96. The topological polar surface area (TPSA) is 55.7 Å². The minimum atomic E-state index is -3.11. The molecule has 1 aromatic carbocycles. The van der Waals surface area contributed by atoms with Gasteiger partial charge in [-0.15, -0.1) is 0 Å². The van der Waals surface area contributed by atoms with Crippen LogP contribution < -0.4 is 0 Å². The van der Waals surface area contributed by atoms with Crippen LogP contribution in [0, 0.1) is 0 Å². The van der Waals surface area contributed by atoms with Gasteiger partial charge >= 0.3 is 0 Å². The summed E-state index contributed by atoms with van der Waals surface area (Å²) in [6.45, 7) is 0. The highest BCUT2D eigenvalue weighted by molar-refractivity contribution is 7.89. The summed E-state index contributed by atoms with van der Waals surface area (Å²) in [6.07, 6.45) is 2.38. The summed E-state index contributed by atoms with van der Waals surface area (Å²) >= 11 is 5.93. The molecule has 0 bridgehead atoms. The third-order valence-corrected chi connectivity index (χ3v) is 2.92. The molecule has 0 aliphatic rings. The highest BCUT2D eigenvalue weighted by atomic mass is 35.5. The van der Waals surface area contributed by atoms with E-state index in [0.717, 1.165) is 6.26 Å². The van der Waals surface area contributed by atoms with Crippen LogP contribution in [-0.4, -0.2) is 28.2 Å². The summed E-state index contributed by atoms with van der Waals surface area (Å²) in [5.41, 5.74) is 0.986. The minimum absolute atomic E-state index is 0.0933. The molecule has 0 saturated carbocycles. The van der Waals surface area contributed by atoms with Gasteiger partial charge in [0.05, 0.1) is 23.6 Å². The molecule has 88 valence electrons. The zero-order chi connectivity index (χ0) is 12.2. The highest BCUT2D eigenvalue weighted by Crippen LogP contribution is 2.29. The molecule has 0 spiro atoms. The van der Waals surface area contributed by atoms with Crippen LogP contribution in [0.2, 0.25) is 5.02 Å². The third-order valence-electron chi connectivity index (χ3n) is 1.78. The Bertz CT molecular complexity index is 497. The Labute approximate surface area is 99.8 Å². The molecule has 16 heavy (non-hydrogen) atoms. The molecule has 4 nitrogen and oxygen atoms in total. The summed E-state index contributed by atoms with van der Waals surface area (Å²) in [7, 11) is -1.66. The molecular weight excluding hydrogens is 250 g/mol. The molecule has 0 saturated heterocycles. The van der Waals surface area contributed by atoms with E-state index in [1.54, 1.807) is 18.2 Å². The second-order valence-corrected chi connectivity index (χ2v) is 5.84. The third kappa shape index (κ3) is 3.83. The van der Waals surface area contributed by atoms with Gasteiger partial charge in [0.2, 0.25) is 0 Å². The minimum Gasteiger partial charge on any atom is -0.486 e. The molecule has 0 aliphatic carbocycles. The van der Waals surface area contributed by atoms with Crippen LogP contribution in [0.4, 0.5) is 5.69 Å². The van der Waals surface area contributed by atoms with E-state index >= 15 is 0 Å². The van der Waals surface area contributed by atoms with Crippen molar-refractivity contribution in [1.29, 1.82) is 0 Å². The predicted octanol–water partition coefficient (Wildman–Crippen LogP) is 2.19. The number of benzene rings is 1. The fraction of sp³-hybridized carbons (Fsp3) is 0.300. The van der Waals surface area contributed by atoms with Crippen molar-refractivity contribution in [2.45, 2.75) is 5.75 Å². The van der Waals surface area contributed by atoms with Crippen molar-refractivity contribution in [2.24, 2.45) is 4.99 Å². The molecule has 0 aromatic heterocycles. The Balaban J connectivity index is 3.18. The van der Waals surface area contributed by atoms with E-state index < -0.39 is 9.84 Å². The van der Waals surface area contributed by atoms with E-state index in [9.17, 15) is 8.42 Å². The van der Waals surface area contributed by atoms with Gasteiger partial charge < -0.3 is 4.74 Å². The Hall–Kier alpha value is -1.07. The molecule has 0 unspecified atom stereocenters. The number of rotatable bonds is 4. The van der Waals surface area contributed by atoms with Gasteiger partial charge in [-0.25, -0.2) is 13.4 Å². The molecule has 0 atom stereocenters. The average Bonchev–Trinajstić information content (AvgIpc) is 2.14. The zero-order valence-electron chi connectivity index (χ0n) is 8.97. The molecule has 1 aromatic rings. The molecule has 0 aliphatic heterocycles. The standard InChI is InChI=1S/C10H12ClNO3S/c1-15-7-12-10-8(6-16(2,13)14)4-3-5-9(10)11/h3-5,7H,6H2,1-2H3. The number of aliphatic imine (C=N–C) groups is 1. The zero-order valence-corrected chi connectivity index (χ0v) is 10.5. The average molecular weight is 262 g/mol. The molecule has 0 heterocycles. The predicted molar refractivity (Wildman–Crippen MR) is 65.2 cm³/mol. The van der Waals surface area contributed by atoms with Crippen molar-refractivity contribution in [3.05, 3.63) is 28.8 Å². The number of halogens is 1. The van der Waals surface area contributed by atoms with Crippen molar-refractivity contribution in [3.63, 3.8) is 0 Å². The largest absolute Gasteiger partial charge is 0.486 e. The number of ether oxygens (including phenoxy) is 1. The van der Waals surface area contributed by atoms with Crippen molar-refractivity contribution >= 4 is 33.5 Å². The van der Waals surface area contributed by atoms with Crippen LogP contribution >= 0.6 is 11.6 Å². The first-order valence-corrected chi connectivity index (χ1v) is 6.88. The first-order chi connectivity index (χ1) is 7.44. The van der Waals surface area contributed by atoms with E-state index in [0.29, 0.717) is 16.3 Å². The van der Waals surface area contributed by atoms with Gasteiger partial charge in [-0.2, -0.15) is 0 Å². The molecule has 0 amide bonds. The molecule has 0 N–H and O–H groups in total. The van der Waals surface area contributed by atoms with Crippen LogP contribution in [0.25, 0.3) is 0 Å². The van der Waals surface area contributed by atoms with Gasteiger partial charge in [0.25, 0.3) is 0 Å². The summed E-state index contributed by atoms with van der Waals surface area (Å²) in [6, 6.07) is 5.01. The lowest BCUT2D eigenvalue weighted by Gasteiger charge is -2.05. The van der Waals surface area contributed by atoms with Gasteiger partial charge in [0.1, 0.15) is 0 Å². The second-order valence-electron chi connectivity index (χ2n) is 3.29. The lowest BCUT2D eigenvalue weighted by Crippen LogP contribution is -2.01. The number of sulfone groups is 1. The van der Waals surface area contributed by atoms with Crippen molar-refractivity contribution < 1.29 is 13.2 Å². The number of hydrogen-bond acceptors (Lipinski definition) is 4. The van der Waals surface area contributed by atoms with Crippen molar-refractivity contribution in [1.82, 2.24) is 0 Å². The summed E-state index contributed by atoms with van der Waals surface area (Å²) < 4.78 is 27.1. The Morgan fingerprint density at radius 3 is 2.75 bits per heavy atom. The Kier molecular flexibility index (Phi) is 4.32. The number of para-hydroxylation sites is 1. The quantitative estimate of drug-likeness (QED) is 0.617. The maximum atomic E-state index is 11.2. The molecule has 1 rings (SSSR count). The van der Waals surface area contributed by atoms with Crippen LogP contribution in [0.5, 0.6) is 0 Å². The maximum Gasteiger partial charge on any atom is 0.174 e. The highest BCUT2D eigenvalue weighted by Gasteiger charge is 2.11. The van der Waals surface area contributed by atoms with Crippen LogP contribution in [0.1, 0.15) is 5.56 Å². The van der Waals surface area contributed by atoms with E-state index in [2.05, 4.69) is 9.73 Å². The number of hydrogen-bond donors (Lipinski definition) is 0. The van der Waals surface area contributed by atoms with Crippen LogP contribution in [0.3, 0.4) is 0 Å². The van der Waals surface area contributed by atoms with E-state index in [-0.39, 0.29) is 5.75 Å². The Morgan fingerprint density at radius 2 is 2.19 bits per heavy atom. The van der Waals surface area contributed by atoms with Crippen LogP contribution in [0.15, 0.2) is 23.2 Å². The van der Waals surface area contributed by atoms with Gasteiger partial charge in [0, 0.05) is 6.26 Å². The maximum absolute atomic E-state index is 11.2. The lowest BCUT2D eigenvalue weighted by molar-refractivity contribution is 0.423. The van der Waals surface area contributed by atoms with Gasteiger partial charge in [-0.1, -0.05) is 23.7 Å². The fourth-order valence-corrected chi connectivity index (χ4v) is 2.25. The first kappa shape index (κ1) is 13.0. The number of nitrogens with zero attached hydrogens (tertiary/aromatic N) is 1. The van der Waals surface area contributed by atoms with Crippen molar-refractivity contribution in [3.8, 4) is 0 Å². The first-order valence-electron chi connectivity index (χ1n) is 4.44. The lowest BCUT2D eigenvalue weighted by atomic mass is 10.2. The summed E-state index contributed by atoms with van der Waals surface area (Å²) in [5, 5.41) is 0.398. The van der Waals surface area contributed by atoms with Gasteiger partial charge in [0.15, 0.2) is 16.2 Å². The molecular formula is C10H12ClNO3S. The van der Waals surface area contributed by atoms with Crippen molar-refractivity contribution in [2.75, 3.05) is 13.4 Å². The van der Waals surface area contributed by atoms with Crippen LogP contribution in [-0.2, 0) is 20.3 Å². The smallest absolute Gasteiger partial charge is 0.174 e. The summed E-state index contributed by atoms with van der Waals surface area (Å²) in [5.74, 6) is -0.0933. The second kappa shape index (κ2) is 5.32. The molecule has 0 radical (unpaired) electrons. The van der Waals surface area contributed by atoms with Gasteiger partial charge in [-0.3, -0.25) is 0 Å². The van der Waals surface area contributed by atoms with E-state index in [4.69, 9.17) is 11.6 Å². The normalized spacial score (nSPS) is 11.9.